The van der Waals surface area contributed by atoms with Crippen LogP contribution in [0.15, 0.2) is 18.2 Å². The molecule has 0 unspecified atom stereocenters. The molecule has 1 N–H and O–H groups in total. The Bertz CT molecular complexity index is 541. The van der Waals surface area contributed by atoms with Gasteiger partial charge in [-0.05, 0) is 37.3 Å². The standard InChI is InChI=1S/C15H21N3O3/c1-3-8-16-12-6-7-14(18(20)21)13(9-12)15(19)17(2)10-11-4-5-11/h6-7,9,11,16H,3-5,8,10H2,1-2H3. The van der Waals surface area contributed by atoms with Gasteiger partial charge in [-0.2, -0.15) is 0 Å². The van der Waals surface area contributed by atoms with E-state index in [1.165, 1.54) is 6.07 Å². The third kappa shape index (κ3) is 3.93. The van der Waals surface area contributed by atoms with Gasteiger partial charge in [-0.25, -0.2) is 0 Å². The van der Waals surface area contributed by atoms with Crippen LogP contribution in [0.2, 0.25) is 0 Å². The Balaban J connectivity index is 2.23. The highest BCUT2D eigenvalue weighted by Crippen LogP contribution is 2.30. The molecule has 114 valence electrons. The number of nitro groups is 1. The Morgan fingerprint density at radius 3 is 2.76 bits per heavy atom. The van der Waals surface area contributed by atoms with Crippen LogP contribution in [0.5, 0.6) is 0 Å². The van der Waals surface area contributed by atoms with Crippen molar-refractivity contribution in [1.82, 2.24) is 4.90 Å². The van der Waals surface area contributed by atoms with E-state index >= 15 is 0 Å². The first-order valence-electron chi connectivity index (χ1n) is 7.30. The highest BCUT2D eigenvalue weighted by molar-refractivity contribution is 5.99. The summed E-state index contributed by atoms with van der Waals surface area (Å²) in [6.07, 6.45) is 3.22. The number of carbonyl (C=O) groups is 1. The van der Waals surface area contributed by atoms with Gasteiger partial charge in [0.1, 0.15) is 5.56 Å². The molecule has 6 nitrogen and oxygen atoms in total. The topological polar surface area (TPSA) is 75.5 Å². The van der Waals surface area contributed by atoms with Crippen LogP contribution < -0.4 is 5.32 Å². The van der Waals surface area contributed by atoms with E-state index in [-0.39, 0.29) is 17.2 Å². The molecule has 1 fully saturated rings. The molecule has 0 aromatic heterocycles. The minimum atomic E-state index is -0.498. The van der Waals surface area contributed by atoms with Gasteiger partial charge in [0.05, 0.1) is 4.92 Å². The molecule has 6 heteroatoms. The van der Waals surface area contributed by atoms with Gasteiger partial charge < -0.3 is 10.2 Å². The molecule has 1 saturated carbocycles. The lowest BCUT2D eigenvalue weighted by Gasteiger charge is -2.17. The second kappa shape index (κ2) is 6.56. The van der Waals surface area contributed by atoms with E-state index in [4.69, 9.17) is 0 Å². The molecule has 2 rings (SSSR count). The summed E-state index contributed by atoms with van der Waals surface area (Å²) >= 11 is 0. The number of benzene rings is 1. The van der Waals surface area contributed by atoms with E-state index in [0.717, 1.165) is 31.5 Å². The number of anilines is 1. The zero-order valence-corrected chi connectivity index (χ0v) is 12.5. The van der Waals surface area contributed by atoms with E-state index < -0.39 is 4.92 Å². The molecule has 1 aliphatic carbocycles. The highest BCUT2D eigenvalue weighted by atomic mass is 16.6. The van der Waals surface area contributed by atoms with E-state index in [9.17, 15) is 14.9 Å². The number of hydrogen-bond donors (Lipinski definition) is 1. The van der Waals surface area contributed by atoms with Crippen LogP contribution in [0.3, 0.4) is 0 Å². The van der Waals surface area contributed by atoms with Gasteiger partial charge in [-0.1, -0.05) is 6.92 Å². The molecule has 1 aliphatic rings. The quantitative estimate of drug-likeness (QED) is 0.619. The monoisotopic (exact) mass is 291 g/mol. The summed E-state index contributed by atoms with van der Waals surface area (Å²) in [6.45, 7) is 3.47. The van der Waals surface area contributed by atoms with Crippen molar-refractivity contribution in [3.05, 3.63) is 33.9 Å². The highest BCUT2D eigenvalue weighted by Gasteiger charge is 2.28. The lowest BCUT2D eigenvalue weighted by Crippen LogP contribution is -2.29. The van der Waals surface area contributed by atoms with E-state index in [0.29, 0.717) is 12.5 Å². The Labute approximate surface area is 124 Å². The fourth-order valence-corrected chi connectivity index (χ4v) is 2.22. The third-order valence-corrected chi connectivity index (χ3v) is 3.58. The van der Waals surface area contributed by atoms with Crippen molar-refractivity contribution in [3.63, 3.8) is 0 Å². The Morgan fingerprint density at radius 1 is 1.48 bits per heavy atom. The minimum absolute atomic E-state index is 0.135. The van der Waals surface area contributed by atoms with Crippen molar-refractivity contribution in [2.75, 3.05) is 25.5 Å². The number of rotatable bonds is 7. The van der Waals surface area contributed by atoms with Crippen molar-refractivity contribution in [1.29, 1.82) is 0 Å². The minimum Gasteiger partial charge on any atom is -0.385 e. The van der Waals surface area contributed by atoms with Crippen LogP contribution in [0.25, 0.3) is 0 Å². The number of nitrogens with zero attached hydrogens (tertiary/aromatic N) is 2. The second-order valence-corrected chi connectivity index (χ2v) is 5.54. The SMILES string of the molecule is CCCNc1ccc([N+](=O)[O-])c(C(=O)N(C)CC2CC2)c1. The lowest BCUT2D eigenvalue weighted by atomic mass is 10.1. The number of nitro benzene ring substituents is 1. The van der Waals surface area contributed by atoms with E-state index in [2.05, 4.69) is 5.32 Å². The summed E-state index contributed by atoms with van der Waals surface area (Å²) in [5.41, 5.74) is 0.763. The Kier molecular flexibility index (Phi) is 4.77. The Hall–Kier alpha value is -2.11. The molecular weight excluding hydrogens is 270 g/mol. The average molecular weight is 291 g/mol. The molecular formula is C15H21N3O3. The van der Waals surface area contributed by atoms with Gasteiger partial charge >= 0.3 is 0 Å². The zero-order chi connectivity index (χ0) is 15.4. The number of hydrogen-bond acceptors (Lipinski definition) is 4. The number of amides is 1. The molecule has 0 saturated heterocycles. The molecule has 0 atom stereocenters. The van der Waals surface area contributed by atoms with Crippen molar-refractivity contribution in [2.45, 2.75) is 26.2 Å². The molecule has 0 aliphatic heterocycles. The number of nitrogens with one attached hydrogen (secondary N) is 1. The first kappa shape index (κ1) is 15.3. The van der Waals surface area contributed by atoms with Gasteiger partial charge in [0.2, 0.25) is 0 Å². The summed E-state index contributed by atoms with van der Waals surface area (Å²) in [5, 5.41) is 14.3. The molecule has 0 heterocycles. The maximum absolute atomic E-state index is 12.5. The summed E-state index contributed by atoms with van der Waals surface area (Å²) in [6, 6.07) is 4.63. The first-order valence-corrected chi connectivity index (χ1v) is 7.30. The molecule has 1 amide bonds. The van der Waals surface area contributed by atoms with Crippen LogP contribution in [-0.4, -0.2) is 35.9 Å². The Morgan fingerprint density at radius 2 is 2.19 bits per heavy atom. The molecule has 1 aromatic rings. The summed E-state index contributed by atoms with van der Waals surface area (Å²) in [7, 11) is 1.70. The molecule has 0 radical (unpaired) electrons. The predicted molar refractivity (Wildman–Crippen MR) is 81.6 cm³/mol. The van der Waals surface area contributed by atoms with Crippen LogP contribution in [-0.2, 0) is 0 Å². The largest absolute Gasteiger partial charge is 0.385 e. The van der Waals surface area contributed by atoms with Gasteiger partial charge in [-0.15, -0.1) is 0 Å². The fraction of sp³-hybridized carbons (Fsp3) is 0.533. The van der Waals surface area contributed by atoms with Crippen molar-refractivity contribution >= 4 is 17.3 Å². The summed E-state index contributed by atoms with van der Waals surface area (Å²) < 4.78 is 0. The normalized spacial score (nSPS) is 13.8. The van der Waals surface area contributed by atoms with E-state index in [1.54, 1.807) is 24.1 Å². The van der Waals surface area contributed by atoms with Crippen molar-refractivity contribution in [3.8, 4) is 0 Å². The average Bonchev–Trinajstić information content (AvgIpc) is 3.27. The van der Waals surface area contributed by atoms with Crippen LogP contribution >= 0.6 is 0 Å². The fourth-order valence-electron chi connectivity index (χ4n) is 2.22. The maximum Gasteiger partial charge on any atom is 0.282 e. The molecule has 1 aromatic carbocycles. The van der Waals surface area contributed by atoms with Crippen LogP contribution in [0, 0.1) is 16.0 Å². The van der Waals surface area contributed by atoms with E-state index in [1.807, 2.05) is 6.92 Å². The molecule has 0 bridgehead atoms. The van der Waals surface area contributed by atoms with Gasteiger partial charge in [0, 0.05) is 31.9 Å². The third-order valence-electron chi connectivity index (χ3n) is 3.58. The smallest absolute Gasteiger partial charge is 0.282 e. The van der Waals surface area contributed by atoms with Crippen LogP contribution in [0.4, 0.5) is 11.4 Å². The number of carbonyl (C=O) groups excluding carboxylic acids is 1. The van der Waals surface area contributed by atoms with Crippen molar-refractivity contribution < 1.29 is 9.72 Å². The predicted octanol–water partition coefficient (Wildman–Crippen LogP) is 2.90. The van der Waals surface area contributed by atoms with Gasteiger partial charge in [0.25, 0.3) is 11.6 Å². The first-order chi connectivity index (χ1) is 10.0. The molecule has 0 spiro atoms. The second-order valence-electron chi connectivity index (χ2n) is 5.54. The maximum atomic E-state index is 12.5. The van der Waals surface area contributed by atoms with Crippen LogP contribution in [0.1, 0.15) is 36.5 Å². The van der Waals surface area contributed by atoms with Gasteiger partial charge in [0.15, 0.2) is 0 Å². The zero-order valence-electron chi connectivity index (χ0n) is 12.5. The summed E-state index contributed by atoms with van der Waals surface area (Å²) in [5.74, 6) is 0.271. The van der Waals surface area contributed by atoms with Crippen molar-refractivity contribution in [2.24, 2.45) is 5.92 Å². The molecule has 21 heavy (non-hydrogen) atoms. The van der Waals surface area contributed by atoms with Gasteiger partial charge in [-0.3, -0.25) is 14.9 Å². The lowest BCUT2D eigenvalue weighted by molar-refractivity contribution is -0.385. The summed E-state index contributed by atoms with van der Waals surface area (Å²) in [4.78, 5) is 24.7.